The number of aromatic nitrogens is 5. The minimum Gasteiger partial charge on any atom is -0.387 e. The first-order valence-electron chi connectivity index (χ1n) is 13.7. The SMILES string of the molecule is CC(C)(O)[C@H](F)CNC(=O)c1cnc(-c2ccc3cc(C#N)cnn23)cc1NC1CCC(n2nccc2C(F)F)CC1. The van der Waals surface area contributed by atoms with Gasteiger partial charge in [0.1, 0.15) is 17.9 Å². The van der Waals surface area contributed by atoms with Crippen molar-refractivity contribution in [3.05, 3.63) is 65.7 Å². The second-order valence-corrected chi connectivity index (χ2v) is 11.0. The maximum atomic E-state index is 14.4. The molecule has 0 unspecified atom stereocenters. The summed E-state index contributed by atoms with van der Waals surface area (Å²) < 4.78 is 44.2. The van der Waals surface area contributed by atoms with E-state index in [1.165, 1.54) is 43.2 Å². The average Bonchev–Trinajstić information content (AvgIpc) is 3.63. The van der Waals surface area contributed by atoms with Crippen LogP contribution in [0.25, 0.3) is 16.9 Å². The number of nitrogens with one attached hydrogen (secondary N) is 2. The number of carbonyl (C=O) groups excluding carboxylic acids is 1. The molecule has 1 saturated carbocycles. The second kappa shape index (κ2) is 11.8. The van der Waals surface area contributed by atoms with Gasteiger partial charge >= 0.3 is 0 Å². The van der Waals surface area contributed by atoms with Gasteiger partial charge in [-0.25, -0.2) is 17.7 Å². The van der Waals surface area contributed by atoms with Crippen LogP contribution in [-0.2, 0) is 0 Å². The van der Waals surface area contributed by atoms with Crippen LogP contribution in [0.5, 0.6) is 0 Å². The van der Waals surface area contributed by atoms with E-state index >= 15 is 0 Å². The third-order valence-corrected chi connectivity index (χ3v) is 7.58. The standard InChI is InChI=1S/C29H31F3N8O2/c1-29(2,42)26(30)16-35-28(41)21-15-34-23(24-8-7-20-11-17(13-33)14-37-40(20)24)12-22(21)38-18-3-5-19(6-4-18)39-25(27(31)32)9-10-36-39/h7-12,14-15,18-19,26-27,42H,3-6,16H2,1-2H3,(H,34,38)(H,35,41)/t18?,19?,26-/m1/s1. The third kappa shape index (κ3) is 6.08. The Balaban J connectivity index is 1.40. The number of aliphatic hydroxyl groups is 1. The van der Waals surface area contributed by atoms with Gasteiger partial charge in [0, 0.05) is 18.4 Å². The summed E-state index contributed by atoms with van der Waals surface area (Å²) in [7, 11) is 0. The summed E-state index contributed by atoms with van der Waals surface area (Å²) in [6.07, 6.45) is 2.46. The molecule has 220 valence electrons. The Hall–Kier alpha value is -4.44. The second-order valence-electron chi connectivity index (χ2n) is 11.0. The fraction of sp³-hybridized carbons (Fsp3) is 0.414. The molecular formula is C29H31F3N8O2. The lowest BCUT2D eigenvalue weighted by atomic mass is 9.90. The number of amides is 1. The molecule has 4 aromatic heterocycles. The largest absolute Gasteiger partial charge is 0.387 e. The number of fused-ring (bicyclic) bond motifs is 1. The first kappa shape index (κ1) is 29.1. The van der Waals surface area contributed by atoms with E-state index < -0.39 is 24.1 Å². The Morgan fingerprint density at radius 3 is 2.60 bits per heavy atom. The molecule has 1 atom stereocenters. The molecule has 0 bridgehead atoms. The highest BCUT2D eigenvalue weighted by Gasteiger charge is 2.29. The molecule has 5 rings (SSSR count). The van der Waals surface area contributed by atoms with Crippen LogP contribution in [0.2, 0.25) is 0 Å². The van der Waals surface area contributed by atoms with Crippen molar-refractivity contribution in [2.24, 2.45) is 0 Å². The predicted octanol–water partition coefficient (Wildman–Crippen LogP) is 4.84. The van der Waals surface area contributed by atoms with Crippen LogP contribution < -0.4 is 10.6 Å². The summed E-state index contributed by atoms with van der Waals surface area (Å²) in [5.41, 5.74) is 1.20. The molecule has 42 heavy (non-hydrogen) atoms. The van der Waals surface area contributed by atoms with Crippen LogP contribution in [0.4, 0.5) is 18.9 Å². The minimum absolute atomic E-state index is 0.0701. The van der Waals surface area contributed by atoms with Gasteiger partial charge in [-0.3, -0.25) is 14.5 Å². The summed E-state index contributed by atoms with van der Waals surface area (Å²) >= 11 is 0. The molecule has 0 spiro atoms. The molecule has 3 N–H and O–H groups in total. The predicted molar refractivity (Wildman–Crippen MR) is 149 cm³/mol. The Morgan fingerprint density at radius 1 is 1.14 bits per heavy atom. The van der Waals surface area contributed by atoms with Crippen molar-refractivity contribution >= 4 is 17.1 Å². The average molecular weight is 581 g/mol. The van der Waals surface area contributed by atoms with Crippen LogP contribution in [0.15, 0.2) is 48.9 Å². The molecule has 10 nitrogen and oxygen atoms in total. The maximum absolute atomic E-state index is 14.4. The van der Waals surface area contributed by atoms with Crippen LogP contribution in [0.1, 0.15) is 73.6 Å². The highest BCUT2D eigenvalue weighted by molar-refractivity contribution is 6.00. The molecule has 1 aliphatic carbocycles. The lowest BCUT2D eigenvalue weighted by Gasteiger charge is -2.31. The number of nitriles is 1. The molecule has 1 aliphatic rings. The number of hydrogen-bond acceptors (Lipinski definition) is 7. The van der Waals surface area contributed by atoms with Crippen molar-refractivity contribution in [2.45, 2.75) is 69.8 Å². The normalized spacial score (nSPS) is 18.1. The number of rotatable bonds is 9. The number of nitrogens with zero attached hydrogens (tertiary/aromatic N) is 6. The van der Waals surface area contributed by atoms with Crippen LogP contribution in [0.3, 0.4) is 0 Å². The zero-order valence-corrected chi connectivity index (χ0v) is 23.1. The topological polar surface area (TPSA) is 133 Å². The van der Waals surface area contributed by atoms with Crippen LogP contribution in [-0.4, -0.2) is 59.8 Å². The van der Waals surface area contributed by atoms with Gasteiger partial charge in [0.25, 0.3) is 12.3 Å². The molecule has 4 heterocycles. The molecule has 0 radical (unpaired) electrons. The van der Waals surface area contributed by atoms with E-state index in [4.69, 9.17) is 0 Å². The molecule has 13 heteroatoms. The summed E-state index contributed by atoms with van der Waals surface area (Å²) in [6.45, 7) is 2.26. The van der Waals surface area contributed by atoms with Crippen molar-refractivity contribution in [2.75, 3.05) is 11.9 Å². The summed E-state index contributed by atoms with van der Waals surface area (Å²) in [5.74, 6) is -0.563. The van der Waals surface area contributed by atoms with Gasteiger partial charge < -0.3 is 15.7 Å². The molecule has 0 saturated heterocycles. The zero-order valence-electron chi connectivity index (χ0n) is 23.1. The quantitative estimate of drug-likeness (QED) is 0.258. The number of alkyl halides is 3. The Kier molecular flexibility index (Phi) is 8.17. The van der Waals surface area contributed by atoms with Crippen molar-refractivity contribution in [3.63, 3.8) is 0 Å². The van der Waals surface area contributed by atoms with E-state index in [9.17, 15) is 28.3 Å². The van der Waals surface area contributed by atoms with Gasteiger partial charge in [-0.1, -0.05) is 0 Å². The van der Waals surface area contributed by atoms with Gasteiger partial charge in [0.15, 0.2) is 0 Å². The van der Waals surface area contributed by atoms with Gasteiger partial charge in [-0.05, 0) is 69.9 Å². The summed E-state index contributed by atoms with van der Waals surface area (Å²) in [6, 6.07) is 10.2. The molecular weight excluding hydrogens is 549 g/mol. The van der Waals surface area contributed by atoms with Gasteiger partial charge in [-0.15, -0.1) is 0 Å². The summed E-state index contributed by atoms with van der Waals surface area (Å²) in [5, 5.41) is 33.5. The van der Waals surface area contributed by atoms with Crippen LogP contribution >= 0.6 is 0 Å². The fourth-order valence-electron chi connectivity index (χ4n) is 5.16. The smallest absolute Gasteiger partial charge is 0.280 e. The minimum atomic E-state index is -2.61. The zero-order chi connectivity index (χ0) is 30.0. The van der Waals surface area contributed by atoms with Gasteiger partial charge in [0.05, 0.1) is 58.1 Å². The Morgan fingerprint density at radius 2 is 1.90 bits per heavy atom. The number of anilines is 1. The number of halogens is 3. The molecule has 4 aromatic rings. The lowest BCUT2D eigenvalue weighted by Crippen LogP contribution is -2.42. The van der Waals surface area contributed by atoms with E-state index in [0.29, 0.717) is 53.8 Å². The van der Waals surface area contributed by atoms with Crippen molar-refractivity contribution in [1.82, 2.24) is 29.7 Å². The van der Waals surface area contributed by atoms with E-state index in [1.54, 1.807) is 22.7 Å². The van der Waals surface area contributed by atoms with E-state index in [0.717, 1.165) is 0 Å². The van der Waals surface area contributed by atoms with Crippen molar-refractivity contribution < 1.29 is 23.1 Å². The fourth-order valence-corrected chi connectivity index (χ4v) is 5.16. The third-order valence-electron chi connectivity index (χ3n) is 7.58. The van der Waals surface area contributed by atoms with Gasteiger partial charge in [-0.2, -0.15) is 15.5 Å². The first-order chi connectivity index (χ1) is 20.0. The molecule has 1 amide bonds. The monoisotopic (exact) mass is 580 g/mol. The maximum Gasteiger partial charge on any atom is 0.280 e. The number of pyridine rings is 1. The number of hydrogen-bond donors (Lipinski definition) is 3. The van der Waals surface area contributed by atoms with Crippen molar-refractivity contribution in [1.29, 1.82) is 5.26 Å². The Labute approximate surface area is 240 Å². The highest BCUT2D eigenvalue weighted by atomic mass is 19.3. The van der Waals surface area contributed by atoms with E-state index in [-0.39, 0.29) is 29.9 Å². The van der Waals surface area contributed by atoms with Gasteiger partial charge in [0.2, 0.25) is 0 Å². The Bertz CT molecular complexity index is 1610. The van der Waals surface area contributed by atoms with E-state index in [2.05, 4.69) is 31.9 Å². The number of carbonyl (C=O) groups is 1. The molecule has 0 aliphatic heterocycles. The highest BCUT2D eigenvalue weighted by Crippen LogP contribution is 2.34. The lowest BCUT2D eigenvalue weighted by molar-refractivity contribution is -0.00177. The summed E-state index contributed by atoms with van der Waals surface area (Å²) in [4.78, 5) is 17.6. The van der Waals surface area contributed by atoms with E-state index in [1.807, 2.05) is 6.07 Å². The first-order valence-corrected chi connectivity index (χ1v) is 13.7. The van der Waals surface area contributed by atoms with Crippen LogP contribution in [0, 0.1) is 11.3 Å². The van der Waals surface area contributed by atoms with Crippen molar-refractivity contribution in [3.8, 4) is 17.5 Å². The molecule has 1 fully saturated rings. The molecule has 0 aromatic carbocycles.